The van der Waals surface area contributed by atoms with Crippen molar-refractivity contribution in [2.75, 3.05) is 13.1 Å². The first kappa shape index (κ1) is 17.6. The third-order valence-corrected chi connectivity index (χ3v) is 4.22. The van der Waals surface area contributed by atoms with Gasteiger partial charge in [-0.3, -0.25) is 4.90 Å². The van der Waals surface area contributed by atoms with E-state index < -0.39 is 23.7 Å². The van der Waals surface area contributed by atoms with Crippen molar-refractivity contribution in [1.29, 1.82) is 0 Å². The zero-order chi connectivity index (χ0) is 18.2. The second-order valence-electron chi connectivity index (χ2n) is 6.22. The van der Waals surface area contributed by atoms with Crippen LogP contribution in [-0.4, -0.2) is 39.5 Å². The Kier molecular flexibility index (Phi) is 4.64. The fraction of sp³-hybridized carbons (Fsp3) is 0.412. The van der Waals surface area contributed by atoms with Gasteiger partial charge in [-0.25, -0.2) is 4.39 Å². The number of benzene rings is 1. The SMILES string of the molecule is Cc1cc(C(F)(F)F)cc(O)c1-c1ccc(CN2CC[C@H](F)C2)nn1. The maximum atomic E-state index is 13.2. The Balaban J connectivity index is 1.82. The molecule has 1 atom stereocenters. The molecule has 0 amide bonds. The lowest BCUT2D eigenvalue weighted by atomic mass is 10.0. The summed E-state index contributed by atoms with van der Waals surface area (Å²) in [5.74, 6) is -0.491. The molecule has 25 heavy (non-hydrogen) atoms. The number of phenols is 1. The van der Waals surface area contributed by atoms with Crippen molar-refractivity contribution in [2.24, 2.45) is 0 Å². The summed E-state index contributed by atoms with van der Waals surface area (Å²) in [5.41, 5.74) is 0.496. The second-order valence-corrected chi connectivity index (χ2v) is 6.22. The van der Waals surface area contributed by atoms with Crippen molar-refractivity contribution >= 4 is 0 Å². The largest absolute Gasteiger partial charge is 0.507 e. The van der Waals surface area contributed by atoms with E-state index >= 15 is 0 Å². The first-order chi connectivity index (χ1) is 11.7. The zero-order valence-electron chi connectivity index (χ0n) is 13.5. The van der Waals surface area contributed by atoms with Crippen LogP contribution in [0.5, 0.6) is 5.75 Å². The quantitative estimate of drug-likeness (QED) is 0.853. The Hall–Kier alpha value is -2.22. The first-order valence-corrected chi connectivity index (χ1v) is 7.84. The molecule has 134 valence electrons. The van der Waals surface area contributed by atoms with Gasteiger partial charge in [-0.1, -0.05) is 0 Å². The number of hydrogen-bond acceptors (Lipinski definition) is 4. The van der Waals surface area contributed by atoms with Crippen LogP contribution in [0.25, 0.3) is 11.3 Å². The molecule has 3 rings (SSSR count). The van der Waals surface area contributed by atoms with Crippen molar-refractivity contribution in [3.8, 4) is 17.0 Å². The molecule has 1 saturated heterocycles. The average Bonchev–Trinajstić information content (AvgIpc) is 2.92. The van der Waals surface area contributed by atoms with Gasteiger partial charge >= 0.3 is 6.18 Å². The minimum Gasteiger partial charge on any atom is -0.507 e. The Morgan fingerprint density at radius 2 is 2.00 bits per heavy atom. The van der Waals surface area contributed by atoms with E-state index in [1.807, 2.05) is 4.90 Å². The average molecular weight is 355 g/mol. The lowest BCUT2D eigenvalue weighted by Crippen LogP contribution is -2.21. The molecule has 1 aromatic carbocycles. The van der Waals surface area contributed by atoms with Crippen molar-refractivity contribution in [3.63, 3.8) is 0 Å². The number of aromatic nitrogens is 2. The molecule has 1 fully saturated rings. The third kappa shape index (κ3) is 3.89. The number of likely N-dealkylation sites (tertiary alicyclic amines) is 1. The van der Waals surface area contributed by atoms with Crippen LogP contribution in [0, 0.1) is 6.92 Å². The minimum absolute atomic E-state index is 0.219. The summed E-state index contributed by atoms with van der Waals surface area (Å²) < 4.78 is 51.5. The number of hydrogen-bond donors (Lipinski definition) is 1. The van der Waals surface area contributed by atoms with Crippen LogP contribution in [0.3, 0.4) is 0 Å². The van der Waals surface area contributed by atoms with E-state index in [4.69, 9.17) is 0 Å². The minimum atomic E-state index is -4.53. The summed E-state index contributed by atoms with van der Waals surface area (Å²) >= 11 is 0. The zero-order valence-corrected chi connectivity index (χ0v) is 13.5. The van der Waals surface area contributed by atoms with Crippen LogP contribution in [0.2, 0.25) is 0 Å². The van der Waals surface area contributed by atoms with Crippen molar-refractivity contribution < 1.29 is 22.7 Å². The van der Waals surface area contributed by atoms with Gasteiger partial charge in [0, 0.05) is 25.2 Å². The number of nitrogens with zero attached hydrogens (tertiary/aromatic N) is 3. The molecule has 0 unspecified atom stereocenters. The highest BCUT2D eigenvalue weighted by atomic mass is 19.4. The number of aryl methyl sites for hydroxylation is 1. The van der Waals surface area contributed by atoms with Gasteiger partial charge in [0.15, 0.2) is 0 Å². The Morgan fingerprint density at radius 3 is 2.52 bits per heavy atom. The van der Waals surface area contributed by atoms with Gasteiger partial charge in [0.1, 0.15) is 11.9 Å². The van der Waals surface area contributed by atoms with Gasteiger partial charge in [-0.15, -0.1) is 0 Å². The monoisotopic (exact) mass is 355 g/mol. The number of halogens is 4. The van der Waals surface area contributed by atoms with Crippen molar-refractivity contribution in [3.05, 3.63) is 41.1 Å². The lowest BCUT2D eigenvalue weighted by molar-refractivity contribution is -0.137. The molecule has 1 aromatic heterocycles. The molecule has 4 nitrogen and oxygen atoms in total. The van der Waals surface area contributed by atoms with Gasteiger partial charge in [-0.2, -0.15) is 23.4 Å². The summed E-state index contributed by atoms with van der Waals surface area (Å²) in [6.45, 7) is 2.96. The summed E-state index contributed by atoms with van der Waals surface area (Å²) in [4.78, 5) is 1.93. The fourth-order valence-corrected chi connectivity index (χ4v) is 3.00. The standard InChI is InChI=1S/C17H17F4N3O/c1-10-6-11(17(19,20)21)7-15(25)16(10)14-3-2-13(22-23-14)9-24-5-4-12(18)8-24/h2-3,6-7,12,25H,4-5,8-9H2,1H3/t12-/m0/s1. The molecule has 1 aliphatic heterocycles. The molecule has 0 saturated carbocycles. The molecule has 1 N–H and O–H groups in total. The Morgan fingerprint density at radius 1 is 1.24 bits per heavy atom. The van der Waals surface area contributed by atoms with E-state index in [2.05, 4.69) is 10.2 Å². The summed E-state index contributed by atoms with van der Waals surface area (Å²) in [6, 6.07) is 4.94. The number of phenolic OH excluding ortho intramolecular Hbond substituents is 1. The molecule has 0 spiro atoms. The maximum absolute atomic E-state index is 13.2. The molecular formula is C17H17F4N3O. The van der Waals surface area contributed by atoms with Crippen molar-refractivity contribution in [2.45, 2.75) is 32.2 Å². The number of rotatable bonds is 3. The number of aromatic hydroxyl groups is 1. The smallest absolute Gasteiger partial charge is 0.416 e. The van der Waals surface area contributed by atoms with Crippen LogP contribution in [0.4, 0.5) is 17.6 Å². The van der Waals surface area contributed by atoms with E-state index in [9.17, 15) is 22.7 Å². The molecule has 8 heteroatoms. The fourth-order valence-electron chi connectivity index (χ4n) is 3.00. The summed E-state index contributed by atoms with van der Waals surface area (Å²) in [5, 5.41) is 18.1. The Bertz CT molecular complexity index is 738. The molecule has 0 bridgehead atoms. The van der Waals surface area contributed by atoms with Crippen LogP contribution < -0.4 is 0 Å². The van der Waals surface area contributed by atoms with Crippen LogP contribution >= 0.6 is 0 Å². The maximum Gasteiger partial charge on any atom is 0.416 e. The summed E-state index contributed by atoms with van der Waals surface area (Å²) in [7, 11) is 0. The van der Waals surface area contributed by atoms with Crippen LogP contribution in [0.1, 0.15) is 23.2 Å². The lowest BCUT2D eigenvalue weighted by Gasteiger charge is -2.15. The van der Waals surface area contributed by atoms with E-state index in [0.29, 0.717) is 37.8 Å². The Labute approximate surface area is 142 Å². The van der Waals surface area contributed by atoms with E-state index in [-0.39, 0.29) is 16.8 Å². The van der Waals surface area contributed by atoms with Gasteiger partial charge in [0.2, 0.25) is 0 Å². The second kappa shape index (κ2) is 6.59. The highest BCUT2D eigenvalue weighted by Gasteiger charge is 2.32. The summed E-state index contributed by atoms with van der Waals surface area (Å²) in [6.07, 6.45) is -4.84. The van der Waals surface area contributed by atoms with E-state index in [1.54, 1.807) is 12.1 Å². The van der Waals surface area contributed by atoms with Crippen molar-refractivity contribution in [1.82, 2.24) is 15.1 Å². The molecule has 2 aromatic rings. The highest BCUT2D eigenvalue weighted by Crippen LogP contribution is 2.38. The van der Waals surface area contributed by atoms with Gasteiger partial charge in [-0.05, 0) is 43.2 Å². The van der Waals surface area contributed by atoms with E-state index in [0.717, 1.165) is 6.07 Å². The highest BCUT2D eigenvalue weighted by molar-refractivity contribution is 5.71. The van der Waals surface area contributed by atoms with Gasteiger partial charge in [0.25, 0.3) is 0 Å². The molecule has 2 heterocycles. The topological polar surface area (TPSA) is 49.2 Å². The molecule has 1 aliphatic rings. The van der Waals surface area contributed by atoms with Gasteiger partial charge < -0.3 is 5.11 Å². The first-order valence-electron chi connectivity index (χ1n) is 7.84. The molecular weight excluding hydrogens is 338 g/mol. The number of alkyl halides is 4. The molecule has 0 radical (unpaired) electrons. The third-order valence-electron chi connectivity index (χ3n) is 4.22. The van der Waals surface area contributed by atoms with Crippen LogP contribution in [0.15, 0.2) is 24.3 Å². The van der Waals surface area contributed by atoms with Gasteiger partial charge in [0.05, 0.1) is 17.0 Å². The normalized spacial score (nSPS) is 18.7. The predicted octanol–water partition coefficient (Wildman–Crippen LogP) is 3.72. The van der Waals surface area contributed by atoms with E-state index in [1.165, 1.54) is 6.92 Å². The predicted molar refractivity (Wildman–Crippen MR) is 83.7 cm³/mol. The van der Waals surface area contributed by atoms with Crippen LogP contribution in [-0.2, 0) is 12.7 Å². The molecule has 0 aliphatic carbocycles.